The second-order valence-electron chi connectivity index (χ2n) is 4.02. The van der Waals surface area contributed by atoms with Crippen molar-refractivity contribution in [3.8, 4) is 0 Å². The van der Waals surface area contributed by atoms with Crippen LogP contribution in [0, 0.1) is 6.92 Å². The van der Waals surface area contributed by atoms with E-state index in [9.17, 15) is 8.42 Å². The number of aryl methyl sites for hydroxylation is 2. The van der Waals surface area contributed by atoms with Crippen LogP contribution in [0.2, 0.25) is 0 Å². The molecule has 18 heavy (non-hydrogen) atoms. The van der Waals surface area contributed by atoms with Gasteiger partial charge in [0.25, 0.3) is 10.0 Å². The highest BCUT2D eigenvalue weighted by Gasteiger charge is 2.18. The lowest BCUT2D eigenvalue weighted by Crippen LogP contribution is -2.15. The molecule has 0 saturated heterocycles. The van der Waals surface area contributed by atoms with E-state index in [1.54, 1.807) is 31.4 Å². The van der Waals surface area contributed by atoms with Crippen molar-refractivity contribution in [1.82, 2.24) is 9.78 Å². The molecule has 6 nitrogen and oxygen atoms in total. The van der Waals surface area contributed by atoms with Crippen LogP contribution < -0.4 is 10.5 Å². The predicted octanol–water partition coefficient (Wildman–Crippen LogP) is 1.11. The molecule has 0 spiro atoms. The van der Waals surface area contributed by atoms with Gasteiger partial charge in [-0.2, -0.15) is 5.10 Å². The summed E-state index contributed by atoms with van der Waals surface area (Å²) in [6, 6.07) is 6.37. The minimum atomic E-state index is -3.70. The maximum absolute atomic E-state index is 12.1. The van der Waals surface area contributed by atoms with Crippen molar-refractivity contribution in [1.29, 1.82) is 0 Å². The number of anilines is 2. The van der Waals surface area contributed by atoms with E-state index < -0.39 is 10.0 Å². The molecule has 0 saturated carbocycles. The Hall–Kier alpha value is -2.02. The number of benzene rings is 1. The number of nitrogens with one attached hydrogen (secondary N) is 1. The van der Waals surface area contributed by atoms with Crippen LogP contribution in [-0.4, -0.2) is 18.2 Å². The molecule has 1 aromatic carbocycles. The van der Waals surface area contributed by atoms with E-state index in [1.165, 1.54) is 10.7 Å². The Kier molecular flexibility index (Phi) is 3.00. The highest BCUT2D eigenvalue weighted by Crippen LogP contribution is 2.21. The van der Waals surface area contributed by atoms with Gasteiger partial charge in [-0.1, -0.05) is 6.07 Å². The van der Waals surface area contributed by atoms with E-state index in [1.807, 2.05) is 6.92 Å². The highest BCUT2D eigenvalue weighted by molar-refractivity contribution is 7.92. The molecule has 0 fully saturated rings. The van der Waals surface area contributed by atoms with Gasteiger partial charge in [-0.25, -0.2) is 8.42 Å². The first-order valence-electron chi connectivity index (χ1n) is 5.27. The molecule has 0 aliphatic heterocycles. The highest BCUT2D eigenvalue weighted by atomic mass is 32.2. The van der Waals surface area contributed by atoms with Crippen LogP contribution >= 0.6 is 0 Å². The number of nitrogens with two attached hydrogens (primary N) is 1. The lowest BCUT2D eigenvalue weighted by atomic mass is 10.2. The smallest absolute Gasteiger partial charge is 0.265 e. The van der Waals surface area contributed by atoms with Crippen LogP contribution in [0.25, 0.3) is 0 Å². The summed E-state index contributed by atoms with van der Waals surface area (Å²) in [6.07, 6.45) is 1.65. The molecule has 0 radical (unpaired) electrons. The molecule has 1 heterocycles. The third kappa shape index (κ3) is 2.45. The molecule has 0 bridgehead atoms. The summed E-state index contributed by atoms with van der Waals surface area (Å²) in [5, 5.41) is 3.95. The van der Waals surface area contributed by atoms with Gasteiger partial charge in [-0.3, -0.25) is 9.40 Å². The molecule has 2 rings (SSSR count). The first-order valence-corrected chi connectivity index (χ1v) is 6.75. The van der Waals surface area contributed by atoms with E-state index in [0.29, 0.717) is 0 Å². The molecule has 96 valence electrons. The first kappa shape index (κ1) is 12.4. The molecular formula is C11H14N4O2S. The van der Waals surface area contributed by atoms with E-state index in [0.717, 1.165) is 5.56 Å². The van der Waals surface area contributed by atoms with Gasteiger partial charge in [0.05, 0.1) is 5.69 Å². The Morgan fingerprint density at radius 1 is 1.33 bits per heavy atom. The molecule has 2 aromatic rings. The van der Waals surface area contributed by atoms with Gasteiger partial charge in [-0.15, -0.1) is 0 Å². The van der Waals surface area contributed by atoms with E-state index in [2.05, 4.69) is 9.82 Å². The average Bonchev–Trinajstić information content (AvgIpc) is 2.62. The molecule has 0 amide bonds. The monoisotopic (exact) mass is 266 g/mol. The number of sulfonamides is 1. The molecule has 3 N–H and O–H groups in total. The van der Waals surface area contributed by atoms with Gasteiger partial charge < -0.3 is 5.73 Å². The maximum Gasteiger partial charge on any atom is 0.265 e. The third-order valence-electron chi connectivity index (χ3n) is 2.41. The maximum atomic E-state index is 12.1. The summed E-state index contributed by atoms with van der Waals surface area (Å²) in [4.78, 5) is 0.0544. The summed E-state index contributed by atoms with van der Waals surface area (Å²) < 4.78 is 28.1. The largest absolute Gasteiger partial charge is 0.398 e. The number of hydrogen-bond acceptors (Lipinski definition) is 4. The zero-order chi connectivity index (χ0) is 13.3. The first-order chi connectivity index (χ1) is 8.38. The Balaban J connectivity index is 2.36. The lowest BCUT2D eigenvalue weighted by molar-refractivity contribution is 0.601. The van der Waals surface area contributed by atoms with Crippen molar-refractivity contribution < 1.29 is 8.42 Å². The molecule has 0 atom stereocenters. The fraction of sp³-hybridized carbons (Fsp3) is 0.182. The fourth-order valence-electron chi connectivity index (χ4n) is 1.57. The Bertz CT molecular complexity index is 676. The van der Waals surface area contributed by atoms with Crippen molar-refractivity contribution in [2.24, 2.45) is 7.05 Å². The van der Waals surface area contributed by atoms with Crippen molar-refractivity contribution in [2.45, 2.75) is 11.8 Å². The van der Waals surface area contributed by atoms with Crippen LogP contribution in [0.4, 0.5) is 11.5 Å². The van der Waals surface area contributed by atoms with E-state index in [4.69, 9.17) is 5.73 Å². The molecule has 0 aliphatic rings. The molecule has 0 aliphatic carbocycles. The topological polar surface area (TPSA) is 90.0 Å². The van der Waals surface area contributed by atoms with Gasteiger partial charge in [0.15, 0.2) is 5.82 Å². The van der Waals surface area contributed by atoms with Crippen molar-refractivity contribution in [3.05, 3.63) is 36.0 Å². The zero-order valence-corrected chi connectivity index (χ0v) is 10.9. The zero-order valence-electron chi connectivity index (χ0n) is 10.1. The minimum absolute atomic E-state index is 0.0544. The van der Waals surface area contributed by atoms with Crippen LogP contribution in [-0.2, 0) is 17.1 Å². The van der Waals surface area contributed by atoms with Crippen molar-refractivity contribution >= 4 is 21.5 Å². The third-order valence-corrected chi connectivity index (χ3v) is 3.84. The summed E-state index contributed by atoms with van der Waals surface area (Å²) in [5.41, 5.74) is 6.85. The SMILES string of the molecule is Cc1ccc(S(=O)(=O)Nc2ccn(C)n2)c(N)c1. The van der Waals surface area contributed by atoms with Gasteiger partial charge in [0, 0.05) is 19.3 Å². The predicted molar refractivity (Wildman–Crippen MR) is 69.6 cm³/mol. The van der Waals surface area contributed by atoms with Crippen molar-refractivity contribution in [3.63, 3.8) is 0 Å². The second-order valence-corrected chi connectivity index (χ2v) is 5.67. The average molecular weight is 266 g/mol. The summed E-state index contributed by atoms with van der Waals surface area (Å²) in [5.74, 6) is 0.262. The number of nitrogen functional groups attached to an aromatic ring is 1. The summed E-state index contributed by atoms with van der Waals surface area (Å²) in [6.45, 7) is 1.85. The van der Waals surface area contributed by atoms with Crippen LogP contribution in [0.1, 0.15) is 5.56 Å². The van der Waals surface area contributed by atoms with Gasteiger partial charge in [0.1, 0.15) is 4.90 Å². The minimum Gasteiger partial charge on any atom is -0.398 e. The fourth-order valence-corrected chi connectivity index (χ4v) is 2.69. The van der Waals surface area contributed by atoms with Crippen molar-refractivity contribution in [2.75, 3.05) is 10.5 Å². The number of rotatable bonds is 3. The molecule has 7 heteroatoms. The lowest BCUT2D eigenvalue weighted by Gasteiger charge is -2.08. The van der Waals surface area contributed by atoms with E-state index in [-0.39, 0.29) is 16.4 Å². The van der Waals surface area contributed by atoms with E-state index >= 15 is 0 Å². The van der Waals surface area contributed by atoms with Gasteiger partial charge in [-0.05, 0) is 24.6 Å². The van der Waals surface area contributed by atoms with Gasteiger partial charge >= 0.3 is 0 Å². The number of hydrogen-bond donors (Lipinski definition) is 2. The Morgan fingerprint density at radius 3 is 2.61 bits per heavy atom. The van der Waals surface area contributed by atoms with Crippen LogP contribution in [0.5, 0.6) is 0 Å². The molecular weight excluding hydrogens is 252 g/mol. The summed E-state index contributed by atoms with van der Waals surface area (Å²) in [7, 11) is -1.99. The van der Waals surface area contributed by atoms with Crippen LogP contribution in [0.15, 0.2) is 35.4 Å². The van der Waals surface area contributed by atoms with Crippen LogP contribution in [0.3, 0.4) is 0 Å². The van der Waals surface area contributed by atoms with Gasteiger partial charge in [0.2, 0.25) is 0 Å². The molecule has 1 aromatic heterocycles. The summed E-state index contributed by atoms with van der Waals surface area (Å²) >= 11 is 0. The number of nitrogens with zero attached hydrogens (tertiary/aromatic N) is 2. The normalized spacial score (nSPS) is 11.4. The second kappa shape index (κ2) is 4.34. The molecule has 0 unspecified atom stereocenters. The Morgan fingerprint density at radius 2 is 2.06 bits per heavy atom. The standard InChI is InChI=1S/C11H14N4O2S/c1-8-3-4-10(9(12)7-8)18(16,17)14-11-5-6-15(2)13-11/h3-7H,12H2,1-2H3,(H,13,14). The number of aromatic nitrogens is 2. The quantitative estimate of drug-likeness (QED) is 0.814. The Labute approximate surface area is 105 Å².